The van der Waals surface area contributed by atoms with Gasteiger partial charge < -0.3 is 20.9 Å². The Hall–Kier alpha value is -3.79. The molecule has 1 aromatic carbocycles. The second-order valence-corrected chi connectivity index (χ2v) is 5.80. The molecule has 2 heterocycles. The molecule has 1 saturated heterocycles. The molecule has 1 aliphatic heterocycles. The van der Waals surface area contributed by atoms with Crippen LogP contribution in [0.4, 0.5) is 22.0 Å². The van der Waals surface area contributed by atoms with Crippen LogP contribution in [0.2, 0.25) is 0 Å². The van der Waals surface area contributed by atoms with Gasteiger partial charge in [0.15, 0.2) is 0 Å². The van der Waals surface area contributed by atoms with Crippen LogP contribution < -0.4 is 11.1 Å². The van der Waals surface area contributed by atoms with Crippen LogP contribution in [0.25, 0.3) is 10.4 Å². The van der Waals surface area contributed by atoms with Crippen LogP contribution >= 0.6 is 0 Å². The number of aromatic nitrogens is 2. The molecule has 2 aromatic rings. The fourth-order valence-electron chi connectivity index (χ4n) is 2.68. The molecule has 3 N–H and O–H groups in total. The zero-order chi connectivity index (χ0) is 19.2. The molecule has 1 aliphatic rings. The number of hydrogen-bond donors (Lipinski definition) is 2. The van der Waals surface area contributed by atoms with Gasteiger partial charge in [-0.3, -0.25) is 4.79 Å². The number of nitrogens with one attached hydrogen (secondary N) is 1. The molecule has 0 bridgehead atoms. The molecule has 1 aromatic heterocycles. The number of rotatable bonds is 3. The fourth-order valence-corrected chi connectivity index (χ4v) is 2.68. The van der Waals surface area contributed by atoms with E-state index in [-0.39, 0.29) is 23.5 Å². The summed E-state index contributed by atoms with van der Waals surface area (Å²) in [5.74, 6) is -0.423. The van der Waals surface area contributed by atoms with Gasteiger partial charge in [-0.05, 0) is 34.4 Å². The number of amides is 3. The van der Waals surface area contributed by atoms with Crippen LogP contribution in [0.1, 0.15) is 16.9 Å². The molecular formula is C15H17N9O3. The maximum atomic E-state index is 12.5. The van der Waals surface area contributed by atoms with E-state index in [4.69, 9.17) is 11.3 Å². The maximum Gasteiger partial charge on any atom is 0.321 e. The first kappa shape index (κ1) is 18.0. The van der Waals surface area contributed by atoms with Crippen LogP contribution in [0.3, 0.4) is 0 Å². The molecule has 3 rings (SSSR count). The summed E-state index contributed by atoms with van der Waals surface area (Å²) >= 11 is 0. The van der Waals surface area contributed by atoms with Crippen LogP contribution in [-0.4, -0.2) is 58.2 Å². The Morgan fingerprint density at radius 2 is 1.85 bits per heavy atom. The van der Waals surface area contributed by atoms with Gasteiger partial charge in [-0.1, -0.05) is 17.2 Å². The Balaban J connectivity index is 1.58. The summed E-state index contributed by atoms with van der Waals surface area (Å²) in [5, 5.41) is 13.2. The molecule has 12 heteroatoms. The summed E-state index contributed by atoms with van der Waals surface area (Å²) in [7, 11) is 0. The van der Waals surface area contributed by atoms with Crippen molar-refractivity contribution in [2.75, 3.05) is 37.2 Å². The van der Waals surface area contributed by atoms with Crippen molar-refractivity contribution in [1.82, 2.24) is 20.1 Å². The minimum absolute atomic E-state index is 0.0204. The van der Waals surface area contributed by atoms with Crippen molar-refractivity contribution in [3.05, 3.63) is 40.4 Å². The largest absolute Gasteiger partial charge is 0.379 e. The highest BCUT2D eigenvalue weighted by molar-refractivity contribution is 5.96. The monoisotopic (exact) mass is 371 g/mol. The minimum atomic E-state index is -0.371. The number of nitrogen functional groups attached to an aromatic ring is 1. The lowest BCUT2D eigenvalue weighted by atomic mass is 10.3. The summed E-state index contributed by atoms with van der Waals surface area (Å²) in [6.07, 6.45) is 0.611. The third-order valence-electron chi connectivity index (χ3n) is 4.07. The Morgan fingerprint density at radius 3 is 2.52 bits per heavy atom. The Labute approximate surface area is 153 Å². The zero-order valence-electron chi connectivity index (χ0n) is 14.3. The van der Waals surface area contributed by atoms with Gasteiger partial charge in [-0.15, -0.1) is 0 Å². The first-order chi connectivity index (χ1) is 13.1. The van der Waals surface area contributed by atoms with E-state index in [0.717, 1.165) is 0 Å². The number of carbonyl (C=O) groups excluding carboxylic acids is 2. The molecule has 0 spiro atoms. The molecule has 0 atom stereocenters. The van der Waals surface area contributed by atoms with Gasteiger partial charge in [0, 0.05) is 42.5 Å². The van der Waals surface area contributed by atoms with Crippen LogP contribution in [0, 0.1) is 0 Å². The van der Waals surface area contributed by atoms with Gasteiger partial charge in [-0.25, -0.2) is 9.42 Å². The maximum absolute atomic E-state index is 12.5. The lowest BCUT2D eigenvalue weighted by Crippen LogP contribution is -2.39. The number of carbonyl (C=O) groups is 2. The lowest BCUT2D eigenvalue weighted by Gasteiger charge is -2.22. The Kier molecular flexibility index (Phi) is 5.38. The summed E-state index contributed by atoms with van der Waals surface area (Å²) in [6.45, 7) is 1.67. The average molecular weight is 371 g/mol. The fraction of sp³-hybridized carbons (Fsp3) is 0.333. The molecule has 12 nitrogen and oxygen atoms in total. The van der Waals surface area contributed by atoms with E-state index in [1.54, 1.807) is 34.1 Å². The van der Waals surface area contributed by atoms with Crippen molar-refractivity contribution in [3.63, 3.8) is 0 Å². The second kappa shape index (κ2) is 8.06. The van der Waals surface area contributed by atoms with Gasteiger partial charge in [0.25, 0.3) is 5.91 Å². The van der Waals surface area contributed by atoms with Gasteiger partial charge in [0.05, 0.1) is 0 Å². The molecule has 0 saturated carbocycles. The van der Waals surface area contributed by atoms with Crippen molar-refractivity contribution in [3.8, 4) is 0 Å². The van der Waals surface area contributed by atoms with Crippen LogP contribution in [-0.2, 0) is 0 Å². The first-order valence-electron chi connectivity index (χ1n) is 8.17. The summed E-state index contributed by atoms with van der Waals surface area (Å²) in [6, 6.07) is 6.23. The number of hydrogen-bond acceptors (Lipinski definition) is 7. The SMILES string of the molecule is [N-]=[N+]=Nc1ccc(NC(=O)N2CCCN(C(=O)c3nonc3N)CC2)cc1. The molecule has 1 fully saturated rings. The molecule has 3 amide bonds. The van der Waals surface area contributed by atoms with E-state index >= 15 is 0 Å². The van der Waals surface area contributed by atoms with Crippen molar-refractivity contribution < 1.29 is 14.2 Å². The van der Waals surface area contributed by atoms with Gasteiger partial charge >= 0.3 is 6.03 Å². The van der Waals surface area contributed by atoms with E-state index in [9.17, 15) is 9.59 Å². The minimum Gasteiger partial charge on any atom is -0.379 e. The third-order valence-corrected chi connectivity index (χ3v) is 4.07. The highest BCUT2D eigenvalue weighted by atomic mass is 16.6. The number of azide groups is 1. The van der Waals surface area contributed by atoms with E-state index in [1.807, 2.05) is 0 Å². The molecule has 140 valence electrons. The second-order valence-electron chi connectivity index (χ2n) is 5.80. The normalized spacial score (nSPS) is 14.2. The predicted molar refractivity (Wildman–Crippen MR) is 95.1 cm³/mol. The summed E-state index contributed by atoms with van der Waals surface area (Å²) in [5.41, 5.74) is 15.0. The van der Waals surface area contributed by atoms with Gasteiger partial charge in [0.1, 0.15) is 0 Å². The molecule has 0 radical (unpaired) electrons. The van der Waals surface area contributed by atoms with Crippen molar-refractivity contribution >= 4 is 29.1 Å². The van der Waals surface area contributed by atoms with E-state index < -0.39 is 0 Å². The van der Waals surface area contributed by atoms with Crippen molar-refractivity contribution in [2.45, 2.75) is 6.42 Å². The molecular weight excluding hydrogens is 354 g/mol. The number of anilines is 2. The van der Waals surface area contributed by atoms with Gasteiger partial charge in [-0.2, -0.15) is 0 Å². The lowest BCUT2D eigenvalue weighted by molar-refractivity contribution is 0.0752. The Bertz CT molecular complexity index is 873. The van der Waals surface area contributed by atoms with Crippen LogP contribution in [0.5, 0.6) is 0 Å². The molecule has 0 aliphatic carbocycles. The standard InChI is InChI=1S/C15H17N9O3/c16-13-12(20-27-21-13)14(25)23-6-1-7-24(9-8-23)15(26)18-10-2-4-11(5-3-10)19-22-17/h2-5H,1,6-9H2,(H2,16,21)(H,18,26). The van der Waals surface area contributed by atoms with Gasteiger partial charge in [0.2, 0.25) is 11.5 Å². The van der Waals surface area contributed by atoms with E-state index in [0.29, 0.717) is 44.0 Å². The average Bonchev–Trinajstić information content (AvgIpc) is 2.94. The van der Waals surface area contributed by atoms with Crippen molar-refractivity contribution in [2.24, 2.45) is 5.11 Å². The van der Waals surface area contributed by atoms with Crippen molar-refractivity contribution in [1.29, 1.82) is 0 Å². The number of nitrogens with zero attached hydrogens (tertiary/aromatic N) is 7. The summed E-state index contributed by atoms with van der Waals surface area (Å²) < 4.78 is 4.46. The smallest absolute Gasteiger partial charge is 0.321 e. The highest BCUT2D eigenvalue weighted by Gasteiger charge is 2.26. The number of nitrogens with two attached hydrogens (primary N) is 1. The number of benzene rings is 1. The molecule has 27 heavy (non-hydrogen) atoms. The topological polar surface area (TPSA) is 166 Å². The number of urea groups is 1. The first-order valence-corrected chi connectivity index (χ1v) is 8.17. The third kappa shape index (κ3) is 4.25. The highest BCUT2D eigenvalue weighted by Crippen LogP contribution is 2.17. The molecule has 0 unspecified atom stereocenters. The van der Waals surface area contributed by atoms with E-state index in [2.05, 4.69) is 30.3 Å². The van der Waals surface area contributed by atoms with Crippen LogP contribution in [0.15, 0.2) is 34.0 Å². The Morgan fingerprint density at radius 1 is 1.15 bits per heavy atom. The predicted octanol–water partition coefficient (Wildman–Crippen LogP) is 1.97. The quantitative estimate of drug-likeness (QED) is 0.475. The zero-order valence-corrected chi connectivity index (χ0v) is 14.3. The summed E-state index contributed by atoms with van der Waals surface area (Å²) in [4.78, 5) is 30.8. The van der Waals surface area contributed by atoms with E-state index in [1.165, 1.54) is 0 Å².